The zero-order chi connectivity index (χ0) is 13.3. The third kappa shape index (κ3) is 2.25. The first kappa shape index (κ1) is 13.0. The Labute approximate surface area is 108 Å². The molecule has 6 heteroatoms. The van der Waals surface area contributed by atoms with Crippen molar-refractivity contribution in [2.45, 2.75) is 13.0 Å². The molecule has 1 aromatic carbocycles. The summed E-state index contributed by atoms with van der Waals surface area (Å²) in [6.07, 6.45) is 0. The summed E-state index contributed by atoms with van der Waals surface area (Å²) in [5.74, 6) is 3.82. The monoisotopic (exact) mass is 272 g/mol. The minimum atomic E-state index is -0.953. The van der Waals surface area contributed by atoms with Crippen molar-refractivity contribution < 1.29 is 13.2 Å². The molecule has 18 heavy (non-hydrogen) atoms. The van der Waals surface area contributed by atoms with Crippen LogP contribution in [0.25, 0.3) is 0 Å². The van der Waals surface area contributed by atoms with Crippen LogP contribution in [0.1, 0.15) is 22.9 Å². The van der Waals surface area contributed by atoms with Gasteiger partial charge in [-0.1, -0.05) is 12.1 Å². The van der Waals surface area contributed by atoms with Gasteiger partial charge in [0.25, 0.3) is 0 Å². The Kier molecular flexibility index (Phi) is 3.65. The first-order valence-corrected chi connectivity index (χ1v) is 5.58. The number of furan rings is 1. The molecule has 0 radical (unpaired) electrons. The van der Waals surface area contributed by atoms with Crippen molar-refractivity contribution in [1.82, 2.24) is 5.43 Å². The van der Waals surface area contributed by atoms with Crippen molar-refractivity contribution in [3.05, 3.63) is 58.0 Å². The summed E-state index contributed by atoms with van der Waals surface area (Å²) in [4.78, 5) is 0. The summed E-state index contributed by atoms with van der Waals surface area (Å²) in [6.45, 7) is 1.48. The normalized spacial score (nSPS) is 12.7. The number of hydrogen-bond donors (Lipinski definition) is 2. The summed E-state index contributed by atoms with van der Waals surface area (Å²) < 4.78 is 32.5. The summed E-state index contributed by atoms with van der Waals surface area (Å²) in [6, 6.07) is 5.18. The maximum Gasteiger partial charge on any atom is 0.193 e. The second-order valence-corrected chi connectivity index (χ2v) is 4.21. The molecular weight excluding hydrogens is 262 g/mol. The van der Waals surface area contributed by atoms with Gasteiger partial charge in [0.05, 0.1) is 0 Å². The maximum absolute atomic E-state index is 13.8. The highest BCUT2D eigenvalue weighted by molar-refractivity contribution is 6.28. The average Bonchev–Trinajstić information content (AvgIpc) is 2.77. The van der Waals surface area contributed by atoms with Gasteiger partial charge in [0.2, 0.25) is 0 Å². The van der Waals surface area contributed by atoms with Crippen LogP contribution in [0, 0.1) is 18.6 Å². The van der Waals surface area contributed by atoms with Crippen molar-refractivity contribution in [3.8, 4) is 0 Å². The first-order valence-electron chi connectivity index (χ1n) is 5.20. The van der Waals surface area contributed by atoms with Gasteiger partial charge in [-0.15, -0.1) is 0 Å². The molecule has 0 aliphatic heterocycles. The SMILES string of the molecule is Cc1ccc(C(NN)c2ccc(Cl)o2)c(F)c1F. The molecule has 0 bridgehead atoms. The van der Waals surface area contributed by atoms with E-state index in [9.17, 15) is 8.78 Å². The standard InChI is InChI=1S/C12H11ClF2N2O/c1-6-2-3-7(11(15)10(6)14)12(17-16)8-4-5-9(13)18-8/h2-5,12,17H,16H2,1H3. The van der Waals surface area contributed by atoms with Crippen molar-refractivity contribution in [2.24, 2.45) is 5.84 Å². The van der Waals surface area contributed by atoms with Gasteiger partial charge < -0.3 is 4.42 Å². The summed E-state index contributed by atoms with van der Waals surface area (Å²) >= 11 is 5.64. The Bertz CT molecular complexity index is 571. The quantitative estimate of drug-likeness (QED) is 0.667. The minimum absolute atomic E-state index is 0.0617. The molecule has 2 rings (SSSR count). The lowest BCUT2D eigenvalue weighted by atomic mass is 10.0. The van der Waals surface area contributed by atoms with Crippen LogP contribution in [-0.2, 0) is 0 Å². The molecule has 3 nitrogen and oxygen atoms in total. The van der Waals surface area contributed by atoms with Crippen molar-refractivity contribution in [2.75, 3.05) is 0 Å². The van der Waals surface area contributed by atoms with Crippen molar-refractivity contribution in [1.29, 1.82) is 0 Å². The molecule has 96 valence electrons. The van der Waals surface area contributed by atoms with Crippen LogP contribution in [0.2, 0.25) is 5.22 Å². The lowest BCUT2D eigenvalue weighted by Crippen LogP contribution is -2.29. The topological polar surface area (TPSA) is 51.2 Å². The number of nitrogens with two attached hydrogens (primary N) is 1. The molecule has 0 spiro atoms. The van der Waals surface area contributed by atoms with Gasteiger partial charge in [-0.3, -0.25) is 5.84 Å². The fourth-order valence-electron chi connectivity index (χ4n) is 1.69. The van der Waals surface area contributed by atoms with E-state index in [-0.39, 0.29) is 16.3 Å². The van der Waals surface area contributed by atoms with Crippen LogP contribution >= 0.6 is 11.6 Å². The Morgan fingerprint density at radius 1 is 1.22 bits per heavy atom. The largest absolute Gasteiger partial charge is 0.448 e. The highest BCUT2D eigenvalue weighted by atomic mass is 35.5. The molecule has 1 heterocycles. The predicted molar refractivity (Wildman–Crippen MR) is 64.0 cm³/mol. The number of hydrazine groups is 1. The fraction of sp³-hybridized carbons (Fsp3) is 0.167. The summed E-state index contributed by atoms with van der Waals surface area (Å²) in [5, 5.41) is 0.151. The molecule has 0 saturated carbocycles. The van der Waals surface area contributed by atoms with Gasteiger partial charge in [-0.25, -0.2) is 14.2 Å². The molecule has 0 saturated heterocycles. The van der Waals surface area contributed by atoms with Gasteiger partial charge in [0, 0.05) is 5.56 Å². The number of aryl methyl sites for hydroxylation is 1. The van der Waals surface area contributed by atoms with Crippen molar-refractivity contribution >= 4 is 11.6 Å². The predicted octanol–water partition coefficient (Wildman–Crippen LogP) is 3.07. The average molecular weight is 273 g/mol. The third-order valence-electron chi connectivity index (χ3n) is 2.66. The van der Waals surface area contributed by atoms with Gasteiger partial charge in [0.1, 0.15) is 11.8 Å². The minimum Gasteiger partial charge on any atom is -0.448 e. The molecule has 1 atom stereocenters. The van der Waals surface area contributed by atoms with E-state index >= 15 is 0 Å². The zero-order valence-electron chi connectivity index (χ0n) is 9.51. The van der Waals surface area contributed by atoms with Gasteiger partial charge in [-0.05, 0) is 36.2 Å². The van der Waals surface area contributed by atoms with E-state index in [0.29, 0.717) is 5.76 Å². The summed E-state index contributed by atoms with van der Waals surface area (Å²) in [5.41, 5.74) is 2.66. The molecule has 1 aromatic heterocycles. The van der Waals surface area contributed by atoms with E-state index in [2.05, 4.69) is 5.43 Å². The van der Waals surface area contributed by atoms with Crippen molar-refractivity contribution in [3.63, 3.8) is 0 Å². The van der Waals surface area contributed by atoms with Crippen LogP contribution in [0.5, 0.6) is 0 Å². The molecule has 3 N–H and O–H groups in total. The van der Waals surface area contributed by atoms with E-state index in [4.69, 9.17) is 21.9 Å². The lowest BCUT2D eigenvalue weighted by molar-refractivity contribution is 0.429. The van der Waals surface area contributed by atoms with E-state index in [1.54, 1.807) is 6.07 Å². The zero-order valence-corrected chi connectivity index (χ0v) is 10.3. The Morgan fingerprint density at radius 3 is 2.50 bits per heavy atom. The second kappa shape index (κ2) is 5.06. The third-order valence-corrected chi connectivity index (χ3v) is 2.86. The highest BCUT2D eigenvalue weighted by Crippen LogP contribution is 2.28. The number of nitrogens with one attached hydrogen (secondary N) is 1. The Balaban J connectivity index is 2.49. The molecule has 0 amide bonds. The second-order valence-electron chi connectivity index (χ2n) is 3.84. The van der Waals surface area contributed by atoms with E-state index < -0.39 is 17.7 Å². The fourth-order valence-corrected chi connectivity index (χ4v) is 1.84. The van der Waals surface area contributed by atoms with E-state index in [1.165, 1.54) is 25.1 Å². The van der Waals surface area contributed by atoms with Gasteiger partial charge in [0.15, 0.2) is 16.9 Å². The lowest BCUT2D eigenvalue weighted by Gasteiger charge is -2.15. The van der Waals surface area contributed by atoms with Crippen LogP contribution in [0.15, 0.2) is 28.7 Å². The van der Waals surface area contributed by atoms with Crippen LogP contribution in [-0.4, -0.2) is 0 Å². The molecule has 2 aromatic rings. The number of benzene rings is 1. The number of halogens is 3. The molecule has 1 unspecified atom stereocenters. The number of hydrogen-bond acceptors (Lipinski definition) is 3. The number of rotatable bonds is 3. The molecule has 0 fully saturated rings. The first-order chi connectivity index (χ1) is 8.54. The molecular formula is C12H11ClF2N2O. The van der Waals surface area contributed by atoms with E-state index in [0.717, 1.165) is 0 Å². The highest BCUT2D eigenvalue weighted by Gasteiger charge is 2.22. The van der Waals surface area contributed by atoms with Crippen LogP contribution in [0.3, 0.4) is 0 Å². The molecule has 0 aliphatic carbocycles. The smallest absolute Gasteiger partial charge is 0.193 e. The Morgan fingerprint density at radius 2 is 1.94 bits per heavy atom. The van der Waals surface area contributed by atoms with Crippen LogP contribution in [0.4, 0.5) is 8.78 Å². The summed E-state index contributed by atoms with van der Waals surface area (Å²) in [7, 11) is 0. The molecule has 0 aliphatic rings. The van der Waals surface area contributed by atoms with Crippen LogP contribution < -0.4 is 11.3 Å². The van der Waals surface area contributed by atoms with E-state index in [1.807, 2.05) is 0 Å². The van der Waals surface area contributed by atoms with Gasteiger partial charge >= 0.3 is 0 Å². The Hall–Kier alpha value is -1.43. The maximum atomic E-state index is 13.8. The van der Waals surface area contributed by atoms with Gasteiger partial charge in [-0.2, -0.15) is 0 Å².